The molecule has 1 aromatic heterocycles. The molecule has 0 spiro atoms. The van der Waals surface area contributed by atoms with Crippen LogP contribution in [0.1, 0.15) is 19.5 Å². The summed E-state index contributed by atoms with van der Waals surface area (Å²) in [6, 6.07) is 3.46. The lowest BCUT2D eigenvalue weighted by atomic mass is 9.88. The molecule has 1 aromatic rings. The molecule has 0 radical (unpaired) electrons. The summed E-state index contributed by atoms with van der Waals surface area (Å²) in [5.41, 5.74) is 0.213. The van der Waals surface area contributed by atoms with Crippen molar-refractivity contribution in [2.45, 2.75) is 20.3 Å². The van der Waals surface area contributed by atoms with Gasteiger partial charge in [-0.2, -0.15) is 0 Å². The van der Waals surface area contributed by atoms with Crippen LogP contribution in [-0.2, 0) is 16.0 Å². The SMILES string of the molecule is COC(=O)C(C)(C)Cc1cc(Cl)ccn1. The van der Waals surface area contributed by atoms with Crippen LogP contribution < -0.4 is 0 Å². The molecule has 0 saturated heterocycles. The Morgan fingerprint density at radius 2 is 2.27 bits per heavy atom. The van der Waals surface area contributed by atoms with Gasteiger partial charge in [-0.1, -0.05) is 11.6 Å². The van der Waals surface area contributed by atoms with E-state index in [9.17, 15) is 4.79 Å². The third kappa shape index (κ3) is 3.20. The van der Waals surface area contributed by atoms with Crippen molar-refractivity contribution >= 4 is 17.6 Å². The smallest absolute Gasteiger partial charge is 0.311 e. The second-order valence-electron chi connectivity index (χ2n) is 4.02. The molecule has 0 N–H and O–H groups in total. The number of carbonyl (C=O) groups is 1. The molecule has 0 aliphatic heterocycles. The molecule has 1 heterocycles. The van der Waals surface area contributed by atoms with Crippen LogP contribution in [0.25, 0.3) is 0 Å². The van der Waals surface area contributed by atoms with E-state index in [1.54, 1.807) is 18.3 Å². The van der Waals surface area contributed by atoms with Crippen molar-refractivity contribution in [1.82, 2.24) is 4.98 Å². The molecule has 0 fully saturated rings. The van der Waals surface area contributed by atoms with Gasteiger partial charge in [-0.3, -0.25) is 9.78 Å². The largest absolute Gasteiger partial charge is 0.469 e. The maximum Gasteiger partial charge on any atom is 0.311 e. The average molecular weight is 228 g/mol. The van der Waals surface area contributed by atoms with Crippen LogP contribution in [0.3, 0.4) is 0 Å². The number of aromatic nitrogens is 1. The van der Waals surface area contributed by atoms with Crippen molar-refractivity contribution < 1.29 is 9.53 Å². The lowest BCUT2D eigenvalue weighted by molar-refractivity contribution is -0.150. The maximum atomic E-state index is 11.4. The van der Waals surface area contributed by atoms with Gasteiger partial charge in [-0.15, -0.1) is 0 Å². The molecule has 0 atom stereocenters. The van der Waals surface area contributed by atoms with E-state index in [0.29, 0.717) is 11.4 Å². The third-order valence-corrected chi connectivity index (χ3v) is 2.37. The number of esters is 1. The topological polar surface area (TPSA) is 39.2 Å². The van der Waals surface area contributed by atoms with Crippen LogP contribution in [0.2, 0.25) is 5.02 Å². The molecule has 4 heteroatoms. The summed E-state index contributed by atoms with van der Waals surface area (Å²) in [6.45, 7) is 3.64. The number of rotatable bonds is 3. The Morgan fingerprint density at radius 3 is 2.80 bits per heavy atom. The minimum absolute atomic E-state index is 0.246. The van der Waals surface area contributed by atoms with Crippen LogP contribution in [0.15, 0.2) is 18.3 Å². The van der Waals surface area contributed by atoms with Gasteiger partial charge in [0, 0.05) is 23.3 Å². The molecule has 82 valence electrons. The zero-order chi connectivity index (χ0) is 11.5. The molecular weight excluding hydrogens is 214 g/mol. The van der Waals surface area contributed by atoms with Crippen molar-refractivity contribution in [3.05, 3.63) is 29.0 Å². The van der Waals surface area contributed by atoms with Gasteiger partial charge in [0.05, 0.1) is 12.5 Å². The van der Waals surface area contributed by atoms with Crippen LogP contribution in [-0.4, -0.2) is 18.1 Å². The Kier molecular flexibility index (Phi) is 3.69. The van der Waals surface area contributed by atoms with Crippen LogP contribution >= 0.6 is 11.6 Å². The van der Waals surface area contributed by atoms with Crippen molar-refractivity contribution in [1.29, 1.82) is 0 Å². The molecule has 0 unspecified atom stereocenters. The van der Waals surface area contributed by atoms with Crippen molar-refractivity contribution in [3.8, 4) is 0 Å². The van der Waals surface area contributed by atoms with E-state index in [4.69, 9.17) is 16.3 Å². The number of carbonyl (C=O) groups excluding carboxylic acids is 1. The van der Waals surface area contributed by atoms with Crippen LogP contribution in [0, 0.1) is 5.41 Å². The van der Waals surface area contributed by atoms with E-state index < -0.39 is 5.41 Å². The van der Waals surface area contributed by atoms with E-state index in [1.807, 2.05) is 13.8 Å². The number of nitrogens with zero attached hydrogens (tertiary/aromatic N) is 1. The summed E-state index contributed by atoms with van der Waals surface area (Å²) in [4.78, 5) is 15.6. The first-order valence-corrected chi connectivity index (χ1v) is 5.02. The van der Waals surface area contributed by atoms with Gasteiger partial charge >= 0.3 is 5.97 Å². The molecule has 0 saturated carbocycles. The number of methoxy groups -OCH3 is 1. The van der Waals surface area contributed by atoms with E-state index in [2.05, 4.69) is 4.98 Å². The normalized spacial score (nSPS) is 11.2. The molecular formula is C11H14ClNO2. The maximum absolute atomic E-state index is 11.4. The first kappa shape index (κ1) is 12.0. The van der Waals surface area contributed by atoms with Gasteiger partial charge in [0.2, 0.25) is 0 Å². The fraction of sp³-hybridized carbons (Fsp3) is 0.455. The predicted octanol–water partition coefficient (Wildman–Crippen LogP) is 2.48. The minimum atomic E-state index is -0.577. The fourth-order valence-electron chi connectivity index (χ4n) is 1.35. The molecule has 0 bridgehead atoms. The third-order valence-electron chi connectivity index (χ3n) is 2.14. The molecule has 0 aliphatic rings. The number of halogens is 1. The summed E-state index contributed by atoms with van der Waals surface area (Å²) < 4.78 is 4.72. The Bertz CT molecular complexity index is 363. The van der Waals surface area contributed by atoms with E-state index >= 15 is 0 Å². The Morgan fingerprint density at radius 1 is 1.60 bits per heavy atom. The highest BCUT2D eigenvalue weighted by molar-refractivity contribution is 6.30. The molecule has 15 heavy (non-hydrogen) atoms. The molecule has 3 nitrogen and oxygen atoms in total. The second kappa shape index (κ2) is 4.62. The molecule has 0 aromatic carbocycles. The Hall–Kier alpha value is -1.09. The van der Waals surface area contributed by atoms with E-state index in [1.165, 1.54) is 7.11 Å². The zero-order valence-corrected chi connectivity index (χ0v) is 9.84. The first-order valence-electron chi connectivity index (χ1n) is 4.64. The van der Waals surface area contributed by atoms with E-state index in [-0.39, 0.29) is 5.97 Å². The van der Waals surface area contributed by atoms with Crippen LogP contribution in [0.5, 0.6) is 0 Å². The fourth-order valence-corrected chi connectivity index (χ4v) is 1.53. The summed E-state index contributed by atoms with van der Waals surface area (Å²) in [6.07, 6.45) is 2.14. The van der Waals surface area contributed by atoms with Gasteiger partial charge in [-0.05, 0) is 26.0 Å². The standard InChI is InChI=1S/C11H14ClNO2/c1-11(2,10(14)15-3)7-9-6-8(12)4-5-13-9/h4-6H,7H2,1-3H3. The monoisotopic (exact) mass is 227 g/mol. The van der Waals surface area contributed by atoms with Crippen molar-refractivity contribution in [2.24, 2.45) is 5.41 Å². The number of hydrogen-bond acceptors (Lipinski definition) is 3. The lowest BCUT2D eigenvalue weighted by Crippen LogP contribution is -2.28. The zero-order valence-electron chi connectivity index (χ0n) is 9.08. The quantitative estimate of drug-likeness (QED) is 0.745. The second-order valence-corrected chi connectivity index (χ2v) is 4.45. The first-order chi connectivity index (χ1) is 6.95. The highest BCUT2D eigenvalue weighted by atomic mass is 35.5. The van der Waals surface area contributed by atoms with Crippen molar-refractivity contribution in [3.63, 3.8) is 0 Å². The van der Waals surface area contributed by atoms with Gasteiger partial charge < -0.3 is 4.74 Å². The van der Waals surface area contributed by atoms with Gasteiger partial charge in [0.1, 0.15) is 0 Å². The van der Waals surface area contributed by atoms with Gasteiger partial charge in [0.15, 0.2) is 0 Å². The average Bonchev–Trinajstić information content (AvgIpc) is 2.15. The van der Waals surface area contributed by atoms with Crippen LogP contribution in [0.4, 0.5) is 0 Å². The Balaban J connectivity index is 2.81. The van der Waals surface area contributed by atoms with E-state index in [0.717, 1.165) is 5.69 Å². The van der Waals surface area contributed by atoms with Gasteiger partial charge in [-0.25, -0.2) is 0 Å². The predicted molar refractivity (Wildman–Crippen MR) is 58.7 cm³/mol. The number of pyridine rings is 1. The minimum Gasteiger partial charge on any atom is -0.469 e. The summed E-state index contributed by atoms with van der Waals surface area (Å²) in [7, 11) is 1.38. The summed E-state index contributed by atoms with van der Waals surface area (Å²) in [5.74, 6) is -0.246. The highest BCUT2D eigenvalue weighted by Crippen LogP contribution is 2.23. The molecule has 0 aliphatic carbocycles. The summed E-state index contributed by atoms with van der Waals surface area (Å²) >= 11 is 5.83. The molecule has 1 rings (SSSR count). The van der Waals surface area contributed by atoms with Gasteiger partial charge in [0.25, 0.3) is 0 Å². The Labute approximate surface area is 94.4 Å². The number of hydrogen-bond donors (Lipinski definition) is 0. The highest BCUT2D eigenvalue weighted by Gasteiger charge is 2.29. The molecule has 0 amide bonds. The number of ether oxygens (including phenoxy) is 1. The lowest BCUT2D eigenvalue weighted by Gasteiger charge is -2.20. The van der Waals surface area contributed by atoms with Crippen molar-refractivity contribution in [2.75, 3.05) is 7.11 Å². The summed E-state index contributed by atoms with van der Waals surface area (Å²) in [5, 5.41) is 0.626.